The van der Waals surface area contributed by atoms with Crippen LogP contribution in [0, 0.1) is 0 Å². The quantitative estimate of drug-likeness (QED) is 0.260. The Balaban J connectivity index is 0.000000304. The number of aromatic hydroxyl groups is 2. The van der Waals surface area contributed by atoms with Crippen molar-refractivity contribution in [2.45, 2.75) is 51.7 Å². The summed E-state index contributed by atoms with van der Waals surface area (Å²) in [5.74, 6) is -1.63. The maximum absolute atomic E-state index is 10.5. The molecule has 2 atom stereocenters. The standard InChI is InChI=1S/C23H28N2O2.C5H5N3O3/c1-3-4-6-9-17(2)25-22(24-16-21(26)23(25)27)20-14-12-19(13-15-20)18-10-7-5-8-11-18;6-4(10)3-2(9)1-7-5(11)8-3/h5,7-8,10-17,22,26-27H,3-4,6,9H2,1-2H3;1,9H,(H2,6,10)(H,7,8,11). The van der Waals surface area contributed by atoms with Crippen molar-refractivity contribution in [1.29, 1.82) is 0 Å². The minimum Gasteiger partial charge on any atom is -0.504 e. The van der Waals surface area contributed by atoms with Crippen molar-refractivity contribution in [2.24, 2.45) is 10.7 Å². The van der Waals surface area contributed by atoms with E-state index >= 15 is 0 Å². The van der Waals surface area contributed by atoms with Crippen molar-refractivity contribution in [3.8, 4) is 22.9 Å². The van der Waals surface area contributed by atoms with Gasteiger partial charge in [-0.05, 0) is 30.0 Å². The Labute approximate surface area is 221 Å². The largest absolute Gasteiger partial charge is 0.504 e. The van der Waals surface area contributed by atoms with Crippen LogP contribution in [0.25, 0.3) is 11.1 Å². The molecular formula is C28H33N5O5. The van der Waals surface area contributed by atoms with Crippen LogP contribution >= 0.6 is 0 Å². The van der Waals surface area contributed by atoms with E-state index in [4.69, 9.17) is 15.9 Å². The van der Waals surface area contributed by atoms with Crippen LogP contribution in [-0.2, 0) is 0 Å². The summed E-state index contributed by atoms with van der Waals surface area (Å²) in [5.41, 5.74) is 7.70. The van der Waals surface area contributed by atoms with Gasteiger partial charge in [0.1, 0.15) is 6.17 Å². The van der Waals surface area contributed by atoms with Gasteiger partial charge in [0.15, 0.2) is 17.2 Å². The van der Waals surface area contributed by atoms with Gasteiger partial charge in [-0.25, -0.2) is 0 Å². The predicted octanol–water partition coefficient (Wildman–Crippen LogP) is 4.98. The molecule has 0 aliphatic carbocycles. The Morgan fingerprint density at radius 3 is 2.26 bits per heavy atom. The number of aliphatic hydroxyl groups is 2. The van der Waals surface area contributed by atoms with Gasteiger partial charge in [-0.3, -0.25) is 9.79 Å². The number of unbranched alkanes of at least 4 members (excludes halogenated alkanes) is 2. The average molecular weight is 520 g/mol. The first kappa shape index (κ1) is 28.0. The molecule has 1 amide bonds. The number of aliphatic imine (C=N–C) groups is 1. The number of nitrogens with two attached hydrogens (primary N) is 1. The molecule has 1 aliphatic heterocycles. The van der Waals surface area contributed by atoms with Crippen LogP contribution in [0.4, 0.5) is 0 Å². The second kappa shape index (κ2) is 13.1. The first-order chi connectivity index (χ1) is 18.2. The maximum atomic E-state index is 10.5. The molecule has 200 valence electrons. The van der Waals surface area contributed by atoms with E-state index in [0.717, 1.165) is 43.0 Å². The first-order valence-electron chi connectivity index (χ1n) is 12.4. The lowest BCUT2D eigenvalue weighted by atomic mass is 10.0. The normalized spacial score (nSPS) is 15.5. The Hall–Kier alpha value is -4.60. The third-order valence-electron chi connectivity index (χ3n) is 6.08. The fourth-order valence-electron chi connectivity index (χ4n) is 4.07. The molecule has 0 radical (unpaired) electrons. The minimum atomic E-state index is -0.916. The molecule has 0 spiro atoms. The zero-order valence-electron chi connectivity index (χ0n) is 21.4. The topological polar surface area (TPSA) is 165 Å². The molecule has 0 bridgehead atoms. The van der Waals surface area contributed by atoms with E-state index in [2.05, 4.69) is 53.1 Å². The van der Waals surface area contributed by atoms with E-state index in [-0.39, 0.29) is 23.8 Å². The monoisotopic (exact) mass is 519 g/mol. The molecule has 2 aromatic carbocycles. The first-order valence-corrected chi connectivity index (χ1v) is 12.4. The number of allylic oxidation sites excluding steroid dienone is 1. The van der Waals surface area contributed by atoms with Crippen molar-refractivity contribution in [3.63, 3.8) is 0 Å². The summed E-state index contributed by atoms with van der Waals surface area (Å²) < 4.78 is 0. The fraction of sp³-hybridized carbons (Fsp3) is 0.286. The molecule has 1 aliphatic rings. The highest BCUT2D eigenvalue weighted by molar-refractivity contribution is 5.93. The zero-order chi connectivity index (χ0) is 27.7. The number of amides is 1. The summed E-state index contributed by atoms with van der Waals surface area (Å²) >= 11 is 0. The van der Waals surface area contributed by atoms with E-state index in [1.165, 1.54) is 11.8 Å². The summed E-state index contributed by atoms with van der Waals surface area (Å²) in [6.45, 7) is 4.25. The second-order valence-corrected chi connectivity index (χ2v) is 8.87. The number of carbonyl (C=O) groups excluding carboxylic acids is 1. The third-order valence-corrected chi connectivity index (χ3v) is 6.08. The molecule has 1 aromatic heterocycles. The zero-order valence-corrected chi connectivity index (χ0v) is 21.4. The van der Waals surface area contributed by atoms with Crippen molar-refractivity contribution >= 4 is 12.1 Å². The molecule has 0 saturated heterocycles. The van der Waals surface area contributed by atoms with Gasteiger partial charge in [-0.15, -0.1) is 0 Å². The van der Waals surface area contributed by atoms with Crippen LogP contribution in [0.1, 0.15) is 61.7 Å². The van der Waals surface area contributed by atoms with Crippen LogP contribution in [0.5, 0.6) is 11.8 Å². The molecule has 0 saturated carbocycles. The van der Waals surface area contributed by atoms with E-state index in [1.807, 2.05) is 35.2 Å². The molecule has 10 nitrogen and oxygen atoms in total. The highest BCUT2D eigenvalue weighted by atomic mass is 16.3. The van der Waals surface area contributed by atoms with E-state index in [9.17, 15) is 15.0 Å². The molecule has 3 aromatic rings. The van der Waals surface area contributed by atoms with Gasteiger partial charge in [0.05, 0.1) is 12.4 Å². The molecular weight excluding hydrogens is 486 g/mol. The lowest BCUT2D eigenvalue weighted by molar-refractivity contribution is 0.0906. The number of aromatic nitrogens is 2. The maximum Gasteiger partial charge on any atom is 0.314 e. The van der Waals surface area contributed by atoms with Gasteiger partial charge in [-0.2, -0.15) is 9.97 Å². The van der Waals surface area contributed by atoms with E-state index in [0.29, 0.717) is 0 Å². The second-order valence-electron chi connectivity index (χ2n) is 8.87. The van der Waals surface area contributed by atoms with Crippen LogP contribution in [0.15, 0.2) is 77.4 Å². The Morgan fingerprint density at radius 2 is 1.66 bits per heavy atom. The number of hydrogen-bond donors (Lipinski definition) is 5. The summed E-state index contributed by atoms with van der Waals surface area (Å²) in [7, 11) is 0. The summed E-state index contributed by atoms with van der Waals surface area (Å²) in [5, 5.41) is 38.0. The van der Waals surface area contributed by atoms with Crippen molar-refractivity contribution in [2.75, 3.05) is 0 Å². The number of carbonyl (C=O) groups is 1. The van der Waals surface area contributed by atoms with Crippen LogP contribution in [0.2, 0.25) is 0 Å². The number of hydrogen-bond acceptors (Lipinski definition) is 9. The Kier molecular flexibility index (Phi) is 9.64. The van der Waals surface area contributed by atoms with Gasteiger partial charge >= 0.3 is 6.01 Å². The predicted molar refractivity (Wildman–Crippen MR) is 145 cm³/mol. The van der Waals surface area contributed by atoms with Gasteiger partial charge in [0, 0.05) is 6.04 Å². The highest BCUT2D eigenvalue weighted by Gasteiger charge is 2.31. The number of benzene rings is 2. The minimum absolute atomic E-state index is 0.0787. The summed E-state index contributed by atoms with van der Waals surface area (Å²) in [6, 6.07) is 18.0. The highest BCUT2D eigenvalue weighted by Crippen LogP contribution is 2.33. The van der Waals surface area contributed by atoms with E-state index < -0.39 is 23.4 Å². The molecule has 2 unspecified atom stereocenters. The molecule has 4 rings (SSSR count). The van der Waals surface area contributed by atoms with Gasteiger partial charge in [0.2, 0.25) is 5.88 Å². The molecule has 2 heterocycles. The SMILES string of the molecule is CCCCCC(C)N1C(O)=C(O)C=NC1c1ccc(-c2ccccc2)cc1.NC(=O)c1nc(O)ncc1O. The van der Waals surface area contributed by atoms with Crippen molar-refractivity contribution in [3.05, 3.63) is 83.7 Å². The lowest BCUT2D eigenvalue weighted by Gasteiger charge is -2.37. The van der Waals surface area contributed by atoms with Crippen molar-refractivity contribution in [1.82, 2.24) is 14.9 Å². The van der Waals surface area contributed by atoms with Crippen molar-refractivity contribution < 1.29 is 25.2 Å². The Bertz CT molecular complexity index is 1280. The third kappa shape index (κ3) is 7.00. The summed E-state index contributed by atoms with van der Waals surface area (Å²) in [4.78, 5) is 23.2. The van der Waals surface area contributed by atoms with Gasteiger partial charge < -0.3 is 31.1 Å². The molecule has 10 heteroatoms. The van der Waals surface area contributed by atoms with Crippen LogP contribution < -0.4 is 5.73 Å². The van der Waals surface area contributed by atoms with Crippen LogP contribution in [0.3, 0.4) is 0 Å². The number of primary amides is 1. The number of aliphatic hydroxyl groups excluding tert-OH is 2. The Morgan fingerprint density at radius 1 is 1.00 bits per heavy atom. The van der Waals surface area contributed by atoms with Gasteiger partial charge in [0.25, 0.3) is 5.91 Å². The average Bonchev–Trinajstić information content (AvgIpc) is 2.92. The molecule has 0 fully saturated rings. The number of nitrogens with zero attached hydrogens (tertiary/aromatic N) is 4. The number of rotatable bonds is 8. The smallest absolute Gasteiger partial charge is 0.314 e. The lowest BCUT2D eigenvalue weighted by Crippen LogP contribution is -2.38. The molecule has 38 heavy (non-hydrogen) atoms. The van der Waals surface area contributed by atoms with E-state index in [1.54, 1.807) is 0 Å². The summed E-state index contributed by atoms with van der Waals surface area (Å²) in [6.07, 6.45) is 6.26. The van der Waals surface area contributed by atoms with Gasteiger partial charge in [-0.1, -0.05) is 80.8 Å². The fourth-order valence-corrected chi connectivity index (χ4v) is 4.07. The van der Waals surface area contributed by atoms with Crippen LogP contribution in [-0.4, -0.2) is 53.5 Å². The molecule has 6 N–H and O–H groups in total.